The zero-order valence-electron chi connectivity index (χ0n) is 15.8. The number of anilines is 2. The molecule has 1 aliphatic rings. The van der Waals surface area contributed by atoms with Crippen molar-refractivity contribution < 1.29 is 0 Å². The van der Waals surface area contributed by atoms with E-state index < -0.39 is 0 Å². The Kier molecular flexibility index (Phi) is 4.14. The third-order valence-electron chi connectivity index (χ3n) is 5.32. The molecular formula is C25H21BN2. The summed E-state index contributed by atoms with van der Waals surface area (Å²) in [6, 6.07) is 30.1. The van der Waals surface area contributed by atoms with E-state index in [2.05, 4.69) is 114 Å². The van der Waals surface area contributed by atoms with Crippen molar-refractivity contribution in [1.82, 2.24) is 0 Å². The van der Waals surface area contributed by atoms with E-state index in [4.69, 9.17) is 0 Å². The SMILES string of the molecule is Cc1ccc(-c2ccccc2/C=C/B2Nc3cccc4cccc(c34)N2)cc1. The van der Waals surface area contributed by atoms with Crippen molar-refractivity contribution in [1.29, 1.82) is 0 Å². The molecule has 0 saturated carbocycles. The van der Waals surface area contributed by atoms with Crippen LogP contribution in [-0.2, 0) is 0 Å². The molecule has 0 atom stereocenters. The second-order valence-corrected chi connectivity index (χ2v) is 7.29. The Balaban J connectivity index is 1.46. The van der Waals surface area contributed by atoms with Crippen molar-refractivity contribution >= 4 is 35.2 Å². The average molecular weight is 360 g/mol. The number of hydrogen-bond acceptors (Lipinski definition) is 2. The van der Waals surface area contributed by atoms with E-state index in [9.17, 15) is 0 Å². The topological polar surface area (TPSA) is 24.1 Å². The molecule has 134 valence electrons. The Bertz CT molecular complexity index is 1140. The number of nitrogens with one attached hydrogen (secondary N) is 2. The minimum absolute atomic E-state index is 0.0478. The van der Waals surface area contributed by atoms with Gasteiger partial charge >= 0.3 is 6.98 Å². The second-order valence-electron chi connectivity index (χ2n) is 7.29. The predicted molar refractivity (Wildman–Crippen MR) is 123 cm³/mol. The first-order valence-electron chi connectivity index (χ1n) is 9.67. The molecule has 1 aliphatic heterocycles. The van der Waals surface area contributed by atoms with Crippen molar-refractivity contribution in [3.8, 4) is 11.1 Å². The van der Waals surface area contributed by atoms with Crippen LogP contribution in [0.15, 0.2) is 90.9 Å². The fourth-order valence-corrected chi connectivity index (χ4v) is 3.89. The van der Waals surface area contributed by atoms with Gasteiger partial charge in [-0.1, -0.05) is 90.4 Å². The summed E-state index contributed by atoms with van der Waals surface area (Å²) in [5.41, 5.74) is 7.33. The van der Waals surface area contributed by atoms with Gasteiger partial charge in [0.15, 0.2) is 0 Å². The summed E-state index contributed by atoms with van der Waals surface area (Å²) in [5.74, 6) is 2.20. The fraction of sp³-hybridized carbons (Fsp3) is 0.0400. The van der Waals surface area contributed by atoms with Crippen LogP contribution in [0.5, 0.6) is 0 Å². The van der Waals surface area contributed by atoms with Crippen molar-refractivity contribution in [3.05, 3.63) is 102 Å². The number of aryl methyl sites for hydroxylation is 1. The molecule has 0 bridgehead atoms. The Morgan fingerprint density at radius 1 is 0.714 bits per heavy atom. The summed E-state index contributed by atoms with van der Waals surface area (Å²) in [6.07, 6.45) is 2.20. The molecule has 28 heavy (non-hydrogen) atoms. The van der Waals surface area contributed by atoms with Gasteiger partial charge in [-0.3, -0.25) is 0 Å². The normalized spacial score (nSPS) is 12.8. The van der Waals surface area contributed by atoms with Crippen LogP contribution in [0.4, 0.5) is 11.4 Å². The second kappa shape index (κ2) is 6.93. The highest BCUT2D eigenvalue weighted by Crippen LogP contribution is 2.34. The van der Waals surface area contributed by atoms with Gasteiger partial charge in [0.25, 0.3) is 0 Å². The monoisotopic (exact) mass is 360 g/mol. The number of benzene rings is 4. The van der Waals surface area contributed by atoms with Gasteiger partial charge in [-0.05, 0) is 41.1 Å². The molecule has 2 N–H and O–H groups in total. The smallest absolute Gasteiger partial charge is 0.398 e. The predicted octanol–water partition coefficient (Wildman–Crippen LogP) is 6.39. The lowest BCUT2D eigenvalue weighted by Crippen LogP contribution is -2.35. The van der Waals surface area contributed by atoms with E-state index in [-0.39, 0.29) is 6.98 Å². The van der Waals surface area contributed by atoms with Crippen LogP contribution in [0.1, 0.15) is 11.1 Å². The highest BCUT2D eigenvalue weighted by atomic mass is 15.0. The molecule has 0 amide bonds. The van der Waals surface area contributed by atoms with E-state index in [1.807, 2.05) is 0 Å². The van der Waals surface area contributed by atoms with Gasteiger partial charge in [-0.15, -0.1) is 0 Å². The van der Waals surface area contributed by atoms with E-state index in [1.165, 1.54) is 44.4 Å². The average Bonchev–Trinajstić information content (AvgIpc) is 2.73. The van der Waals surface area contributed by atoms with Crippen LogP contribution < -0.4 is 10.5 Å². The first-order chi connectivity index (χ1) is 13.8. The van der Waals surface area contributed by atoms with Crippen LogP contribution in [0.25, 0.3) is 28.0 Å². The molecular weight excluding hydrogens is 339 g/mol. The van der Waals surface area contributed by atoms with Crippen LogP contribution in [0, 0.1) is 6.92 Å². The van der Waals surface area contributed by atoms with Gasteiger partial charge in [0.1, 0.15) is 0 Å². The zero-order chi connectivity index (χ0) is 18.9. The van der Waals surface area contributed by atoms with Crippen molar-refractivity contribution in [2.45, 2.75) is 6.92 Å². The zero-order valence-corrected chi connectivity index (χ0v) is 15.8. The maximum Gasteiger partial charge on any atom is 0.398 e. The van der Waals surface area contributed by atoms with Crippen molar-refractivity contribution in [2.75, 3.05) is 10.5 Å². The molecule has 0 spiro atoms. The van der Waals surface area contributed by atoms with Gasteiger partial charge in [0, 0.05) is 16.8 Å². The van der Waals surface area contributed by atoms with E-state index in [0.29, 0.717) is 0 Å². The number of hydrogen-bond donors (Lipinski definition) is 2. The lowest BCUT2D eigenvalue weighted by atomic mass is 9.72. The first kappa shape index (κ1) is 16.7. The molecule has 1 heterocycles. The molecule has 0 unspecified atom stereocenters. The van der Waals surface area contributed by atoms with E-state index in [0.717, 1.165) is 0 Å². The van der Waals surface area contributed by atoms with Crippen molar-refractivity contribution in [3.63, 3.8) is 0 Å². The molecule has 0 fully saturated rings. The Morgan fingerprint density at radius 3 is 2.11 bits per heavy atom. The summed E-state index contributed by atoms with van der Waals surface area (Å²) in [7, 11) is 0. The molecule has 3 heteroatoms. The van der Waals surface area contributed by atoms with Gasteiger partial charge in [-0.2, -0.15) is 0 Å². The minimum atomic E-state index is 0.0478. The summed E-state index contributed by atoms with van der Waals surface area (Å²) in [6.45, 7) is 2.17. The molecule has 0 radical (unpaired) electrons. The first-order valence-corrected chi connectivity index (χ1v) is 9.67. The molecule has 0 aromatic heterocycles. The molecule has 4 aromatic rings. The largest absolute Gasteiger partial charge is 0.405 e. The highest BCUT2D eigenvalue weighted by Gasteiger charge is 2.20. The highest BCUT2D eigenvalue weighted by molar-refractivity contribution is 6.73. The maximum atomic E-state index is 3.60. The molecule has 2 nitrogen and oxygen atoms in total. The summed E-state index contributed by atoms with van der Waals surface area (Å²) in [5, 5.41) is 9.71. The quantitative estimate of drug-likeness (QED) is 0.414. The fourth-order valence-electron chi connectivity index (χ4n) is 3.89. The molecule has 5 rings (SSSR count). The summed E-state index contributed by atoms with van der Waals surface area (Å²) >= 11 is 0. The van der Waals surface area contributed by atoms with Crippen molar-refractivity contribution in [2.24, 2.45) is 0 Å². The van der Waals surface area contributed by atoms with Crippen LogP contribution in [-0.4, -0.2) is 6.98 Å². The van der Waals surface area contributed by atoms with Gasteiger partial charge in [0.05, 0.1) is 0 Å². The van der Waals surface area contributed by atoms with Crippen LogP contribution in [0.2, 0.25) is 0 Å². The van der Waals surface area contributed by atoms with Gasteiger partial charge in [0.2, 0.25) is 0 Å². The maximum absolute atomic E-state index is 3.60. The Morgan fingerprint density at radius 2 is 1.39 bits per heavy atom. The standard InChI is InChI=1S/C25H21BN2/c1-18-12-14-20(15-13-18)22-9-3-2-6-19(22)16-17-26-27-23-10-4-7-21-8-5-11-24(28-26)25(21)23/h2-17,27-28H,1H3/b17-16+. The molecule has 0 saturated heterocycles. The van der Waals surface area contributed by atoms with Crippen LogP contribution >= 0.6 is 0 Å². The van der Waals surface area contributed by atoms with Crippen LogP contribution in [0.3, 0.4) is 0 Å². The third kappa shape index (κ3) is 3.05. The third-order valence-corrected chi connectivity index (χ3v) is 5.32. The summed E-state index contributed by atoms with van der Waals surface area (Å²) < 4.78 is 0. The van der Waals surface area contributed by atoms with Gasteiger partial charge < -0.3 is 10.5 Å². The molecule has 4 aromatic carbocycles. The minimum Gasteiger partial charge on any atom is -0.405 e. The lowest BCUT2D eigenvalue weighted by molar-refractivity contribution is 1.47. The Hall–Kier alpha value is -3.46. The molecule has 0 aliphatic carbocycles. The Labute approximate surface area is 166 Å². The summed E-state index contributed by atoms with van der Waals surface area (Å²) in [4.78, 5) is 0. The van der Waals surface area contributed by atoms with E-state index >= 15 is 0 Å². The lowest BCUT2D eigenvalue weighted by Gasteiger charge is -2.24. The van der Waals surface area contributed by atoms with Gasteiger partial charge in [-0.25, -0.2) is 0 Å². The van der Waals surface area contributed by atoms with E-state index in [1.54, 1.807) is 0 Å². The number of rotatable bonds is 3.